The first-order valence-electron chi connectivity index (χ1n) is 5.55. The van der Waals surface area contributed by atoms with Crippen LogP contribution in [-0.4, -0.2) is 4.21 Å². The van der Waals surface area contributed by atoms with Gasteiger partial charge in [-0.25, -0.2) is 0 Å². The van der Waals surface area contributed by atoms with Crippen LogP contribution in [0.2, 0.25) is 5.02 Å². The number of nitrogens with two attached hydrogens (primary N) is 1. The Morgan fingerprint density at radius 3 is 2.67 bits per heavy atom. The number of aryl methyl sites for hydroxylation is 1. The van der Waals surface area contributed by atoms with Crippen LogP contribution in [0, 0.1) is 6.92 Å². The van der Waals surface area contributed by atoms with Crippen LogP contribution < -0.4 is 5.73 Å². The molecule has 4 heteroatoms. The standard InChI is InChI=1S/C14H14ClNOS/c1-10-7-13(16)5-6-14(10)18(17)9-11-3-2-4-12(15)8-11/h2-8H,9,16H2,1H3. The zero-order valence-corrected chi connectivity index (χ0v) is 11.6. The zero-order valence-electron chi connectivity index (χ0n) is 10.0. The van der Waals surface area contributed by atoms with Crippen LogP contribution in [-0.2, 0) is 16.6 Å². The molecule has 0 bridgehead atoms. The van der Waals surface area contributed by atoms with Gasteiger partial charge in [-0.1, -0.05) is 23.7 Å². The molecule has 2 aromatic carbocycles. The van der Waals surface area contributed by atoms with Crippen LogP contribution in [0.3, 0.4) is 0 Å². The minimum Gasteiger partial charge on any atom is -0.399 e. The van der Waals surface area contributed by atoms with Gasteiger partial charge < -0.3 is 5.73 Å². The molecular weight excluding hydrogens is 266 g/mol. The van der Waals surface area contributed by atoms with E-state index < -0.39 is 10.8 Å². The summed E-state index contributed by atoms with van der Waals surface area (Å²) in [5, 5.41) is 0.665. The minimum absolute atomic E-state index is 0.464. The predicted molar refractivity (Wildman–Crippen MR) is 77.2 cm³/mol. The van der Waals surface area contributed by atoms with Crippen LogP contribution in [0.5, 0.6) is 0 Å². The maximum Gasteiger partial charge on any atom is 0.0576 e. The highest BCUT2D eigenvalue weighted by molar-refractivity contribution is 7.84. The van der Waals surface area contributed by atoms with Gasteiger partial charge in [0.2, 0.25) is 0 Å². The summed E-state index contributed by atoms with van der Waals surface area (Å²) in [5.74, 6) is 0.464. The van der Waals surface area contributed by atoms with E-state index in [1.54, 1.807) is 6.07 Å². The Morgan fingerprint density at radius 1 is 1.22 bits per heavy atom. The van der Waals surface area contributed by atoms with Gasteiger partial charge in [-0.15, -0.1) is 0 Å². The summed E-state index contributed by atoms with van der Waals surface area (Å²) in [6, 6.07) is 12.9. The van der Waals surface area contributed by atoms with Gasteiger partial charge in [-0.05, 0) is 48.4 Å². The van der Waals surface area contributed by atoms with Gasteiger partial charge in [0.1, 0.15) is 0 Å². The van der Waals surface area contributed by atoms with Gasteiger partial charge in [0.15, 0.2) is 0 Å². The molecule has 0 saturated carbocycles. The summed E-state index contributed by atoms with van der Waals surface area (Å²) in [4.78, 5) is 0.823. The summed E-state index contributed by atoms with van der Waals surface area (Å²) in [7, 11) is -1.08. The second-order valence-electron chi connectivity index (χ2n) is 4.14. The second kappa shape index (κ2) is 5.55. The van der Waals surface area contributed by atoms with E-state index in [1.165, 1.54) is 0 Å². The van der Waals surface area contributed by atoms with Crippen molar-refractivity contribution in [1.29, 1.82) is 0 Å². The lowest BCUT2D eigenvalue weighted by Gasteiger charge is -2.07. The van der Waals surface area contributed by atoms with Crippen molar-refractivity contribution in [2.45, 2.75) is 17.6 Å². The Hall–Kier alpha value is -1.32. The fourth-order valence-corrected chi connectivity index (χ4v) is 3.27. The molecular formula is C14H14ClNOS. The van der Waals surface area contributed by atoms with Crippen molar-refractivity contribution in [2.75, 3.05) is 5.73 Å². The van der Waals surface area contributed by atoms with E-state index >= 15 is 0 Å². The van der Waals surface area contributed by atoms with Crippen LogP contribution in [0.25, 0.3) is 0 Å². The number of halogens is 1. The molecule has 0 fully saturated rings. The van der Waals surface area contributed by atoms with E-state index in [0.717, 1.165) is 16.0 Å². The molecule has 94 valence electrons. The lowest BCUT2D eigenvalue weighted by atomic mass is 10.2. The Balaban J connectivity index is 2.22. The van der Waals surface area contributed by atoms with Crippen molar-refractivity contribution >= 4 is 28.1 Å². The molecule has 2 aromatic rings. The molecule has 18 heavy (non-hydrogen) atoms. The average Bonchev–Trinajstić information content (AvgIpc) is 2.28. The Bertz CT molecular complexity index is 598. The first-order valence-corrected chi connectivity index (χ1v) is 7.25. The third-order valence-corrected chi connectivity index (χ3v) is 4.41. The van der Waals surface area contributed by atoms with E-state index in [2.05, 4.69) is 0 Å². The maximum atomic E-state index is 12.3. The first-order chi connectivity index (χ1) is 8.56. The number of anilines is 1. The number of benzene rings is 2. The van der Waals surface area contributed by atoms with Crippen molar-refractivity contribution in [1.82, 2.24) is 0 Å². The van der Waals surface area contributed by atoms with Gasteiger partial charge in [0, 0.05) is 15.6 Å². The van der Waals surface area contributed by atoms with Gasteiger partial charge in [-0.2, -0.15) is 0 Å². The summed E-state index contributed by atoms with van der Waals surface area (Å²) in [6.07, 6.45) is 0. The van der Waals surface area contributed by atoms with Crippen molar-refractivity contribution < 1.29 is 4.21 Å². The van der Waals surface area contributed by atoms with Crippen molar-refractivity contribution in [2.24, 2.45) is 0 Å². The Kier molecular flexibility index (Phi) is 4.04. The SMILES string of the molecule is Cc1cc(N)ccc1S(=O)Cc1cccc(Cl)c1. The fraction of sp³-hybridized carbons (Fsp3) is 0.143. The lowest BCUT2D eigenvalue weighted by Crippen LogP contribution is -1.99. The van der Waals surface area contributed by atoms with Gasteiger partial charge in [0.25, 0.3) is 0 Å². The molecule has 0 spiro atoms. The van der Waals surface area contributed by atoms with E-state index in [-0.39, 0.29) is 0 Å². The van der Waals surface area contributed by atoms with E-state index in [4.69, 9.17) is 17.3 Å². The zero-order chi connectivity index (χ0) is 13.1. The lowest BCUT2D eigenvalue weighted by molar-refractivity contribution is 0.682. The average molecular weight is 280 g/mol. The van der Waals surface area contributed by atoms with E-state index in [0.29, 0.717) is 16.5 Å². The molecule has 2 N–H and O–H groups in total. The van der Waals surface area contributed by atoms with E-state index in [1.807, 2.05) is 43.3 Å². The summed E-state index contributed by atoms with van der Waals surface area (Å²) in [5.41, 5.74) is 8.30. The monoisotopic (exact) mass is 279 g/mol. The van der Waals surface area contributed by atoms with Crippen LogP contribution >= 0.6 is 11.6 Å². The molecule has 0 radical (unpaired) electrons. The largest absolute Gasteiger partial charge is 0.399 e. The number of hydrogen-bond donors (Lipinski definition) is 1. The molecule has 0 aromatic heterocycles. The molecule has 2 rings (SSSR count). The maximum absolute atomic E-state index is 12.3. The Morgan fingerprint density at radius 2 is 2.00 bits per heavy atom. The van der Waals surface area contributed by atoms with Crippen molar-refractivity contribution in [3.8, 4) is 0 Å². The fourth-order valence-electron chi connectivity index (χ4n) is 1.78. The topological polar surface area (TPSA) is 43.1 Å². The third-order valence-electron chi connectivity index (χ3n) is 2.63. The highest BCUT2D eigenvalue weighted by Gasteiger charge is 2.08. The van der Waals surface area contributed by atoms with Crippen LogP contribution in [0.1, 0.15) is 11.1 Å². The van der Waals surface area contributed by atoms with Gasteiger partial charge in [-0.3, -0.25) is 4.21 Å². The van der Waals surface area contributed by atoms with Crippen LogP contribution in [0.4, 0.5) is 5.69 Å². The van der Waals surface area contributed by atoms with Crippen molar-refractivity contribution in [3.63, 3.8) is 0 Å². The molecule has 0 aliphatic heterocycles. The third kappa shape index (κ3) is 3.12. The highest BCUT2D eigenvalue weighted by atomic mass is 35.5. The number of nitrogen functional groups attached to an aromatic ring is 1. The van der Waals surface area contributed by atoms with E-state index in [9.17, 15) is 4.21 Å². The number of rotatable bonds is 3. The summed E-state index contributed by atoms with van der Waals surface area (Å²) in [6.45, 7) is 1.92. The quantitative estimate of drug-likeness (QED) is 0.874. The Labute approximate surface area is 114 Å². The van der Waals surface area contributed by atoms with Crippen LogP contribution in [0.15, 0.2) is 47.4 Å². The van der Waals surface area contributed by atoms with Crippen molar-refractivity contribution in [3.05, 3.63) is 58.6 Å². The minimum atomic E-state index is -1.08. The highest BCUT2D eigenvalue weighted by Crippen LogP contribution is 2.20. The molecule has 0 aliphatic rings. The van der Waals surface area contributed by atoms with Gasteiger partial charge in [0.05, 0.1) is 16.6 Å². The molecule has 0 aliphatic carbocycles. The number of hydrogen-bond acceptors (Lipinski definition) is 2. The molecule has 1 atom stereocenters. The molecule has 0 heterocycles. The molecule has 1 unspecified atom stereocenters. The smallest absolute Gasteiger partial charge is 0.0576 e. The molecule has 2 nitrogen and oxygen atoms in total. The normalized spacial score (nSPS) is 12.3. The predicted octanol–water partition coefficient (Wildman–Crippen LogP) is 3.54. The summed E-state index contributed by atoms with van der Waals surface area (Å²) < 4.78 is 12.3. The molecule has 0 amide bonds. The van der Waals surface area contributed by atoms with Gasteiger partial charge >= 0.3 is 0 Å². The molecule has 0 saturated heterocycles. The second-order valence-corrected chi connectivity index (χ2v) is 6.00. The summed E-state index contributed by atoms with van der Waals surface area (Å²) >= 11 is 5.91. The first kappa shape index (κ1) is 13.1.